The maximum atomic E-state index is 5.84. The molecule has 0 N–H and O–H groups in total. The SMILES string of the molecule is [B]c1ccc2c(c1)OCCOCCOc1cc(Br)ccc1OCCOCCO2. The van der Waals surface area contributed by atoms with E-state index >= 15 is 0 Å². The molecule has 28 heavy (non-hydrogen) atoms. The molecule has 0 saturated carbocycles. The Labute approximate surface area is 174 Å². The monoisotopic (exact) mass is 448 g/mol. The Hall–Kier alpha value is -1.90. The first-order chi connectivity index (χ1) is 13.7. The van der Waals surface area contributed by atoms with Crippen molar-refractivity contribution in [1.82, 2.24) is 0 Å². The van der Waals surface area contributed by atoms with E-state index in [0.29, 0.717) is 81.3 Å². The molecule has 0 bridgehead atoms. The second kappa shape index (κ2) is 11.2. The molecule has 1 heterocycles. The first kappa shape index (κ1) is 20.8. The van der Waals surface area contributed by atoms with Gasteiger partial charge in [0, 0.05) is 4.47 Å². The van der Waals surface area contributed by atoms with E-state index in [1.54, 1.807) is 18.2 Å². The molecule has 0 unspecified atom stereocenters. The summed E-state index contributed by atoms with van der Waals surface area (Å²) in [6, 6.07) is 10.9. The lowest BCUT2D eigenvalue weighted by Gasteiger charge is -2.16. The topological polar surface area (TPSA) is 55.4 Å². The lowest BCUT2D eigenvalue weighted by Crippen LogP contribution is -2.16. The highest BCUT2D eigenvalue weighted by atomic mass is 79.9. The molecule has 0 aliphatic carbocycles. The number of benzene rings is 2. The Morgan fingerprint density at radius 1 is 0.571 bits per heavy atom. The first-order valence-electron chi connectivity index (χ1n) is 9.08. The predicted molar refractivity (Wildman–Crippen MR) is 110 cm³/mol. The molecule has 0 saturated heterocycles. The quantitative estimate of drug-likeness (QED) is 0.577. The summed E-state index contributed by atoms with van der Waals surface area (Å²) in [4.78, 5) is 0. The van der Waals surface area contributed by atoms with Gasteiger partial charge in [-0.25, -0.2) is 0 Å². The van der Waals surface area contributed by atoms with E-state index in [-0.39, 0.29) is 0 Å². The van der Waals surface area contributed by atoms with Crippen molar-refractivity contribution in [3.63, 3.8) is 0 Å². The second-order valence-electron chi connectivity index (χ2n) is 5.92. The van der Waals surface area contributed by atoms with Crippen LogP contribution in [0.5, 0.6) is 23.0 Å². The van der Waals surface area contributed by atoms with Gasteiger partial charge in [-0.05, 0) is 30.3 Å². The third kappa shape index (κ3) is 6.62. The molecule has 0 aromatic heterocycles. The summed E-state index contributed by atoms with van der Waals surface area (Å²) in [6.07, 6.45) is 0. The van der Waals surface area contributed by atoms with Crippen LogP contribution in [-0.2, 0) is 9.47 Å². The smallest absolute Gasteiger partial charge is 0.162 e. The molecule has 6 nitrogen and oxygen atoms in total. The summed E-state index contributed by atoms with van der Waals surface area (Å²) in [6.45, 7) is 3.29. The highest BCUT2D eigenvalue weighted by Gasteiger charge is 2.08. The van der Waals surface area contributed by atoms with Gasteiger partial charge in [-0.3, -0.25) is 0 Å². The molecule has 0 amide bonds. The van der Waals surface area contributed by atoms with Crippen molar-refractivity contribution >= 4 is 29.2 Å². The maximum Gasteiger partial charge on any atom is 0.162 e. The number of rotatable bonds is 0. The number of hydrogen-bond donors (Lipinski definition) is 0. The average Bonchev–Trinajstić information content (AvgIpc) is 2.68. The van der Waals surface area contributed by atoms with E-state index in [2.05, 4.69) is 15.9 Å². The number of ether oxygens (including phenoxy) is 6. The van der Waals surface area contributed by atoms with Gasteiger partial charge in [0.2, 0.25) is 0 Å². The van der Waals surface area contributed by atoms with Crippen molar-refractivity contribution in [2.75, 3.05) is 52.9 Å². The zero-order valence-electron chi connectivity index (χ0n) is 15.5. The largest absolute Gasteiger partial charge is 0.487 e. The third-order valence-electron chi connectivity index (χ3n) is 3.81. The summed E-state index contributed by atoms with van der Waals surface area (Å²) in [5.41, 5.74) is 0.608. The van der Waals surface area contributed by atoms with Crippen molar-refractivity contribution in [2.24, 2.45) is 0 Å². The van der Waals surface area contributed by atoms with Crippen LogP contribution in [0.3, 0.4) is 0 Å². The molecule has 1 aliphatic rings. The Morgan fingerprint density at radius 3 is 1.61 bits per heavy atom. The fraction of sp³-hybridized carbons (Fsp3) is 0.400. The molecule has 0 atom stereocenters. The van der Waals surface area contributed by atoms with Gasteiger partial charge in [0.05, 0.1) is 26.4 Å². The zero-order chi connectivity index (χ0) is 19.6. The minimum Gasteiger partial charge on any atom is -0.487 e. The fourth-order valence-electron chi connectivity index (χ4n) is 2.52. The first-order valence-corrected chi connectivity index (χ1v) is 9.87. The van der Waals surface area contributed by atoms with Gasteiger partial charge in [0.25, 0.3) is 0 Å². The summed E-state index contributed by atoms with van der Waals surface area (Å²) in [7, 11) is 5.84. The van der Waals surface area contributed by atoms with Gasteiger partial charge in [-0.15, -0.1) is 0 Å². The molecule has 2 radical (unpaired) electrons. The van der Waals surface area contributed by atoms with E-state index in [1.807, 2.05) is 18.2 Å². The summed E-state index contributed by atoms with van der Waals surface area (Å²) in [5, 5.41) is 0. The summed E-state index contributed by atoms with van der Waals surface area (Å²) < 4.78 is 35.1. The van der Waals surface area contributed by atoms with E-state index in [1.165, 1.54) is 0 Å². The normalized spacial score (nSPS) is 16.6. The van der Waals surface area contributed by atoms with Crippen molar-refractivity contribution < 1.29 is 28.4 Å². The van der Waals surface area contributed by atoms with E-state index < -0.39 is 0 Å². The number of halogens is 1. The van der Waals surface area contributed by atoms with Gasteiger partial charge in [0.1, 0.15) is 34.3 Å². The molecule has 8 heteroatoms. The van der Waals surface area contributed by atoms with Crippen LogP contribution < -0.4 is 24.4 Å². The van der Waals surface area contributed by atoms with Crippen molar-refractivity contribution in [2.45, 2.75) is 0 Å². The molecule has 0 fully saturated rings. The summed E-state index contributed by atoms with van der Waals surface area (Å²) >= 11 is 3.44. The third-order valence-corrected chi connectivity index (χ3v) is 4.31. The fourth-order valence-corrected chi connectivity index (χ4v) is 2.86. The molecular weight excluding hydrogens is 427 g/mol. The highest BCUT2D eigenvalue weighted by Crippen LogP contribution is 2.30. The van der Waals surface area contributed by atoms with Gasteiger partial charge in [0.15, 0.2) is 23.0 Å². The van der Waals surface area contributed by atoms with Crippen molar-refractivity contribution in [1.29, 1.82) is 0 Å². The molecular formula is C20H22BBrO6. The molecule has 0 spiro atoms. The van der Waals surface area contributed by atoms with Gasteiger partial charge >= 0.3 is 0 Å². The zero-order valence-corrected chi connectivity index (χ0v) is 17.1. The standard InChI is InChI=1S/C20H22BBrO6/c21-15-1-3-17-19(13-15)27-11-7-24-8-12-28-20-14-16(22)2-4-18(20)26-10-6-23-5-9-25-17/h1-4,13-14H,5-12H2. The van der Waals surface area contributed by atoms with Crippen LogP contribution in [-0.4, -0.2) is 60.7 Å². The highest BCUT2D eigenvalue weighted by molar-refractivity contribution is 9.10. The Bertz CT molecular complexity index is 696. The Morgan fingerprint density at radius 2 is 1.04 bits per heavy atom. The van der Waals surface area contributed by atoms with Crippen LogP contribution in [0.15, 0.2) is 40.9 Å². The van der Waals surface area contributed by atoms with Crippen molar-refractivity contribution in [3.8, 4) is 23.0 Å². The molecule has 148 valence electrons. The van der Waals surface area contributed by atoms with E-state index in [9.17, 15) is 0 Å². The lowest BCUT2D eigenvalue weighted by atomic mass is 9.96. The number of hydrogen-bond acceptors (Lipinski definition) is 6. The Balaban J connectivity index is 1.60. The van der Waals surface area contributed by atoms with Crippen LogP contribution >= 0.6 is 15.9 Å². The van der Waals surface area contributed by atoms with Crippen LogP contribution in [0.25, 0.3) is 0 Å². The van der Waals surface area contributed by atoms with Gasteiger partial charge in [-0.2, -0.15) is 0 Å². The Kier molecular flexibility index (Phi) is 8.32. The van der Waals surface area contributed by atoms with Crippen LogP contribution in [0.2, 0.25) is 0 Å². The van der Waals surface area contributed by atoms with Crippen LogP contribution in [0, 0.1) is 0 Å². The molecule has 2 aromatic rings. The lowest BCUT2D eigenvalue weighted by molar-refractivity contribution is 0.0640. The van der Waals surface area contributed by atoms with E-state index in [0.717, 1.165) is 4.47 Å². The average molecular weight is 449 g/mol. The minimum atomic E-state index is 0.377. The molecule has 1 aliphatic heterocycles. The molecule has 3 rings (SSSR count). The van der Waals surface area contributed by atoms with Crippen molar-refractivity contribution in [3.05, 3.63) is 40.9 Å². The van der Waals surface area contributed by atoms with Gasteiger partial charge < -0.3 is 28.4 Å². The van der Waals surface area contributed by atoms with E-state index in [4.69, 9.17) is 36.3 Å². The van der Waals surface area contributed by atoms with Crippen LogP contribution in [0.1, 0.15) is 0 Å². The predicted octanol–water partition coefficient (Wildman–Crippen LogP) is 2.51. The van der Waals surface area contributed by atoms with Crippen LogP contribution in [0.4, 0.5) is 0 Å². The maximum absolute atomic E-state index is 5.84. The summed E-state index contributed by atoms with van der Waals surface area (Å²) in [5.74, 6) is 2.53. The van der Waals surface area contributed by atoms with Gasteiger partial charge in [-0.1, -0.05) is 27.5 Å². The number of fused-ring (bicyclic) bond motifs is 2. The minimum absolute atomic E-state index is 0.377. The molecule has 2 aromatic carbocycles. The second-order valence-corrected chi connectivity index (χ2v) is 6.83.